The molecule has 0 saturated carbocycles. The number of nitrogens with zero attached hydrogens (tertiary/aromatic N) is 1. The average molecular weight is 238 g/mol. The molecule has 86 valence electrons. The molecule has 0 fully saturated rings. The summed E-state index contributed by atoms with van der Waals surface area (Å²) >= 11 is 1.46. The maximum atomic E-state index is 9.82. The lowest BCUT2D eigenvalue weighted by Crippen LogP contribution is -2.24. The lowest BCUT2D eigenvalue weighted by molar-refractivity contribution is 0.153. The maximum absolute atomic E-state index is 9.82. The Morgan fingerprint density at radius 1 is 1.50 bits per heavy atom. The molecule has 2 atom stereocenters. The molecule has 0 aliphatic rings. The number of aliphatic hydroxyl groups is 1. The van der Waals surface area contributed by atoms with Crippen molar-refractivity contribution in [2.45, 2.75) is 19.1 Å². The van der Waals surface area contributed by atoms with Crippen molar-refractivity contribution in [1.29, 1.82) is 0 Å². The van der Waals surface area contributed by atoms with Crippen LogP contribution < -0.4 is 10.5 Å². The lowest BCUT2D eigenvalue weighted by atomic mass is 10.2. The second-order valence-electron chi connectivity index (χ2n) is 3.69. The van der Waals surface area contributed by atoms with E-state index >= 15 is 0 Å². The van der Waals surface area contributed by atoms with Gasteiger partial charge in [-0.3, -0.25) is 0 Å². The van der Waals surface area contributed by atoms with Gasteiger partial charge in [0.2, 0.25) is 0 Å². The van der Waals surface area contributed by atoms with E-state index < -0.39 is 6.10 Å². The number of nitrogens with two attached hydrogens (primary N) is 1. The largest absolute Gasteiger partial charge is 0.497 e. The first kappa shape index (κ1) is 11.3. The molecule has 1 heterocycles. The third-order valence-electron chi connectivity index (χ3n) is 2.36. The van der Waals surface area contributed by atoms with E-state index in [1.807, 2.05) is 18.2 Å². The number of hydrogen-bond donors (Lipinski definition) is 2. The second-order valence-corrected chi connectivity index (χ2v) is 4.75. The molecule has 2 unspecified atom stereocenters. The van der Waals surface area contributed by atoms with Crippen LogP contribution in [0, 0.1) is 0 Å². The number of ether oxygens (including phenoxy) is 1. The molecule has 16 heavy (non-hydrogen) atoms. The molecule has 5 heteroatoms. The summed E-state index contributed by atoms with van der Waals surface area (Å²) in [6.45, 7) is 1.76. The van der Waals surface area contributed by atoms with Crippen molar-refractivity contribution < 1.29 is 9.84 Å². The highest BCUT2D eigenvalue weighted by Gasteiger charge is 2.17. The van der Waals surface area contributed by atoms with E-state index in [0.29, 0.717) is 5.01 Å². The monoisotopic (exact) mass is 238 g/mol. The number of aromatic nitrogens is 1. The van der Waals surface area contributed by atoms with Crippen LogP contribution in [0.2, 0.25) is 0 Å². The van der Waals surface area contributed by atoms with Gasteiger partial charge in [-0.1, -0.05) is 0 Å². The average Bonchev–Trinajstić information content (AvgIpc) is 2.69. The van der Waals surface area contributed by atoms with Crippen LogP contribution in [-0.4, -0.2) is 23.2 Å². The van der Waals surface area contributed by atoms with Crippen LogP contribution in [0.1, 0.15) is 18.0 Å². The Balaban J connectivity index is 2.43. The molecule has 0 spiro atoms. The molecule has 2 aromatic rings. The fourth-order valence-electron chi connectivity index (χ4n) is 1.40. The summed E-state index contributed by atoms with van der Waals surface area (Å²) in [6, 6.07) is 5.34. The number of benzene rings is 1. The Morgan fingerprint density at radius 2 is 2.25 bits per heavy atom. The predicted octanol–water partition coefficient (Wildman–Crippen LogP) is 1.69. The van der Waals surface area contributed by atoms with Crippen molar-refractivity contribution in [3.63, 3.8) is 0 Å². The molecule has 0 aliphatic heterocycles. The van der Waals surface area contributed by atoms with Crippen molar-refractivity contribution in [1.82, 2.24) is 4.98 Å². The fraction of sp³-hybridized carbons (Fsp3) is 0.364. The third-order valence-corrected chi connectivity index (χ3v) is 3.47. The fourth-order valence-corrected chi connectivity index (χ4v) is 2.45. The van der Waals surface area contributed by atoms with Gasteiger partial charge in [-0.15, -0.1) is 11.3 Å². The van der Waals surface area contributed by atoms with Gasteiger partial charge in [-0.25, -0.2) is 4.98 Å². The van der Waals surface area contributed by atoms with E-state index in [0.717, 1.165) is 16.0 Å². The van der Waals surface area contributed by atoms with Gasteiger partial charge in [0, 0.05) is 12.1 Å². The Hall–Kier alpha value is -1.17. The summed E-state index contributed by atoms with van der Waals surface area (Å²) in [6.07, 6.45) is -0.705. The molecule has 0 saturated heterocycles. The van der Waals surface area contributed by atoms with Gasteiger partial charge in [0.15, 0.2) is 0 Å². The molecule has 0 amide bonds. The van der Waals surface area contributed by atoms with E-state index in [-0.39, 0.29) is 6.04 Å². The molecule has 3 N–H and O–H groups in total. The number of rotatable bonds is 3. The summed E-state index contributed by atoms with van der Waals surface area (Å²) in [7, 11) is 1.62. The van der Waals surface area contributed by atoms with Crippen LogP contribution >= 0.6 is 11.3 Å². The van der Waals surface area contributed by atoms with E-state index in [1.54, 1.807) is 14.0 Å². The Kier molecular flexibility index (Phi) is 3.09. The normalized spacial score (nSPS) is 15.0. The lowest BCUT2D eigenvalue weighted by Gasteiger charge is -2.10. The number of hydrogen-bond acceptors (Lipinski definition) is 5. The first-order chi connectivity index (χ1) is 7.61. The van der Waals surface area contributed by atoms with E-state index in [2.05, 4.69) is 4.98 Å². The molecule has 1 aromatic carbocycles. The summed E-state index contributed by atoms with van der Waals surface area (Å²) in [5.41, 5.74) is 6.47. The van der Waals surface area contributed by atoms with Crippen LogP contribution in [-0.2, 0) is 0 Å². The SMILES string of the molecule is COc1ccc2sc(C(O)C(C)N)nc2c1. The first-order valence-electron chi connectivity index (χ1n) is 5.00. The molecule has 0 bridgehead atoms. The van der Waals surface area contributed by atoms with E-state index in [4.69, 9.17) is 10.5 Å². The van der Waals surface area contributed by atoms with Crippen LogP contribution in [0.5, 0.6) is 5.75 Å². The first-order valence-corrected chi connectivity index (χ1v) is 5.81. The van der Waals surface area contributed by atoms with Gasteiger partial charge in [0.1, 0.15) is 16.9 Å². The smallest absolute Gasteiger partial charge is 0.124 e. The summed E-state index contributed by atoms with van der Waals surface area (Å²) in [4.78, 5) is 4.35. The molecule has 4 nitrogen and oxygen atoms in total. The van der Waals surface area contributed by atoms with Gasteiger partial charge in [-0.05, 0) is 19.1 Å². The van der Waals surface area contributed by atoms with Gasteiger partial charge < -0.3 is 15.6 Å². The summed E-state index contributed by atoms with van der Waals surface area (Å²) in [5.74, 6) is 0.764. The Bertz CT molecular complexity index is 496. The van der Waals surface area contributed by atoms with Crippen LogP contribution in [0.3, 0.4) is 0 Å². The van der Waals surface area contributed by atoms with Gasteiger partial charge >= 0.3 is 0 Å². The maximum Gasteiger partial charge on any atom is 0.124 e. The minimum Gasteiger partial charge on any atom is -0.497 e. The quantitative estimate of drug-likeness (QED) is 0.853. The second kappa shape index (κ2) is 4.37. The highest BCUT2D eigenvalue weighted by atomic mass is 32.1. The molecule has 0 aliphatic carbocycles. The van der Waals surface area contributed by atoms with Crippen LogP contribution in [0.15, 0.2) is 18.2 Å². The van der Waals surface area contributed by atoms with Crippen LogP contribution in [0.25, 0.3) is 10.2 Å². The molecular weight excluding hydrogens is 224 g/mol. The minimum atomic E-state index is -0.705. The Labute approximate surface area is 97.7 Å². The minimum absolute atomic E-state index is 0.317. The number of fused-ring (bicyclic) bond motifs is 1. The highest BCUT2D eigenvalue weighted by molar-refractivity contribution is 7.18. The molecular formula is C11H14N2O2S. The summed E-state index contributed by atoms with van der Waals surface area (Å²) < 4.78 is 6.14. The van der Waals surface area contributed by atoms with Gasteiger partial charge in [-0.2, -0.15) is 0 Å². The zero-order valence-corrected chi connectivity index (χ0v) is 9.99. The van der Waals surface area contributed by atoms with E-state index in [9.17, 15) is 5.11 Å². The number of thiazole rings is 1. The predicted molar refractivity (Wildman–Crippen MR) is 64.8 cm³/mol. The van der Waals surface area contributed by atoms with Crippen LogP contribution in [0.4, 0.5) is 0 Å². The zero-order chi connectivity index (χ0) is 11.7. The van der Waals surface area contributed by atoms with Gasteiger partial charge in [0.25, 0.3) is 0 Å². The molecule has 1 aromatic heterocycles. The number of aliphatic hydroxyl groups excluding tert-OH is 1. The standard InChI is InChI=1S/C11H14N2O2S/c1-6(12)10(14)11-13-8-5-7(15-2)3-4-9(8)16-11/h3-6,10,14H,12H2,1-2H3. The van der Waals surface area contributed by atoms with Crippen molar-refractivity contribution in [2.75, 3.05) is 7.11 Å². The highest BCUT2D eigenvalue weighted by Crippen LogP contribution is 2.29. The van der Waals surface area contributed by atoms with E-state index in [1.165, 1.54) is 11.3 Å². The van der Waals surface area contributed by atoms with Crippen molar-refractivity contribution in [3.05, 3.63) is 23.2 Å². The van der Waals surface area contributed by atoms with Gasteiger partial charge in [0.05, 0.1) is 17.3 Å². The number of methoxy groups -OCH3 is 1. The molecule has 0 radical (unpaired) electrons. The molecule has 2 rings (SSSR count). The Morgan fingerprint density at radius 3 is 2.88 bits per heavy atom. The zero-order valence-electron chi connectivity index (χ0n) is 9.18. The van der Waals surface area contributed by atoms with Crippen molar-refractivity contribution in [2.24, 2.45) is 5.73 Å². The topological polar surface area (TPSA) is 68.4 Å². The third kappa shape index (κ3) is 2.02. The van der Waals surface area contributed by atoms with Crippen molar-refractivity contribution >= 4 is 21.6 Å². The van der Waals surface area contributed by atoms with Crippen molar-refractivity contribution in [3.8, 4) is 5.75 Å². The summed E-state index contributed by atoms with van der Waals surface area (Å²) in [5, 5.41) is 10.5.